The van der Waals surface area contributed by atoms with Crippen molar-refractivity contribution >= 4 is 11.9 Å². The molecule has 5 nitrogen and oxygen atoms in total. The number of ether oxygens (including phenoxy) is 3. The molecule has 0 aromatic heterocycles. The van der Waals surface area contributed by atoms with E-state index in [1.807, 2.05) is 60.7 Å². The van der Waals surface area contributed by atoms with E-state index in [0.29, 0.717) is 0 Å². The van der Waals surface area contributed by atoms with Gasteiger partial charge in [0.2, 0.25) is 0 Å². The van der Waals surface area contributed by atoms with Gasteiger partial charge < -0.3 is 14.2 Å². The molecule has 0 N–H and O–H groups in total. The summed E-state index contributed by atoms with van der Waals surface area (Å²) in [5, 5.41) is 0. The van der Waals surface area contributed by atoms with E-state index in [9.17, 15) is 9.59 Å². The molecule has 0 fully saturated rings. The van der Waals surface area contributed by atoms with Crippen molar-refractivity contribution in [3.8, 4) is 0 Å². The van der Waals surface area contributed by atoms with Crippen LogP contribution >= 0.6 is 0 Å². The third kappa shape index (κ3) is 4.67. The summed E-state index contributed by atoms with van der Waals surface area (Å²) in [5.41, 5.74) is 1.75. The molecule has 2 rings (SSSR count). The molecular formula is C19H20O5. The summed E-state index contributed by atoms with van der Waals surface area (Å²) < 4.78 is 15.4. The van der Waals surface area contributed by atoms with Crippen LogP contribution in [0.25, 0.3) is 0 Å². The van der Waals surface area contributed by atoms with Crippen LogP contribution in [-0.4, -0.2) is 32.3 Å². The molecule has 2 aromatic rings. The second kappa shape index (κ2) is 8.84. The van der Waals surface area contributed by atoms with Crippen molar-refractivity contribution in [1.29, 1.82) is 0 Å². The summed E-state index contributed by atoms with van der Waals surface area (Å²) in [6.45, 7) is 0. The van der Waals surface area contributed by atoms with Crippen LogP contribution in [0.4, 0.5) is 0 Å². The summed E-state index contributed by atoms with van der Waals surface area (Å²) in [4.78, 5) is 23.6. The average molecular weight is 328 g/mol. The number of hydrogen-bond acceptors (Lipinski definition) is 5. The van der Waals surface area contributed by atoms with Gasteiger partial charge in [-0.1, -0.05) is 60.7 Å². The van der Waals surface area contributed by atoms with Crippen LogP contribution < -0.4 is 0 Å². The van der Waals surface area contributed by atoms with E-state index in [0.717, 1.165) is 11.1 Å². The van der Waals surface area contributed by atoms with Crippen molar-refractivity contribution in [2.75, 3.05) is 14.2 Å². The Kier molecular flexibility index (Phi) is 6.51. The number of carbonyl (C=O) groups is 2. The van der Waals surface area contributed by atoms with E-state index < -0.39 is 24.1 Å². The molecule has 0 aliphatic heterocycles. The zero-order valence-corrected chi connectivity index (χ0v) is 13.7. The molecule has 2 aromatic carbocycles. The van der Waals surface area contributed by atoms with Gasteiger partial charge in [-0.3, -0.25) is 4.79 Å². The Balaban J connectivity index is 2.32. The Bertz CT molecular complexity index is 614. The Morgan fingerprint density at radius 3 is 1.75 bits per heavy atom. The first kappa shape index (κ1) is 17.7. The highest BCUT2D eigenvalue weighted by molar-refractivity contribution is 5.81. The van der Waals surface area contributed by atoms with Crippen molar-refractivity contribution < 1.29 is 23.8 Å². The van der Waals surface area contributed by atoms with Crippen LogP contribution in [0.15, 0.2) is 60.7 Å². The standard InChI is InChI=1S/C19H20O5/c1-22-17(20)13-16(19(21)23-2)24-18(14-9-5-3-6-10-14)15-11-7-4-8-12-15/h3-12,16,18H,13H2,1-2H3/t16-/m0/s1. The molecule has 0 amide bonds. The molecule has 0 aliphatic carbocycles. The van der Waals surface area contributed by atoms with Gasteiger partial charge in [-0.05, 0) is 11.1 Å². The summed E-state index contributed by atoms with van der Waals surface area (Å²) in [7, 11) is 2.53. The summed E-state index contributed by atoms with van der Waals surface area (Å²) >= 11 is 0. The lowest BCUT2D eigenvalue weighted by Gasteiger charge is -2.23. The molecule has 0 unspecified atom stereocenters. The first-order chi connectivity index (χ1) is 11.7. The molecule has 5 heteroatoms. The van der Waals surface area contributed by atoms with Crippen molar-refractivity contribution in [3.63, 3.8) is 0 Å². The van der Waals surface area contributed by atoms with Crippen molar-refractivity contribution in [2.24, 2.45) is 0 Å². The molecule has 1 atom stereocenters. The van der Waals surface area contributed by atoms with Gasteiger partial charge in [0.1, 0.15) is 6.10 Å². The van der Waals surface area contributed by atoms with E-state index in [4.69, 9.17) is 9.47 Å². The van der Waals surface area contributed by atoms with E-state index in [-0.39, 0.29) is 6.42 Å². The maximum Gasteiger partial charge on any atom is 0.335 e. The normalized spacial score (nSPS) is 11.8. The van der Waals surface area contributed by atoms with Crippen LogP contribution in [0.3, 0.4) is 0 Å². The fourth-order valence-corrected chi connectivity index (χ4v) is 2.32. The molecule has 0 heterocycles. The fraction of sp³-hybridized carbons (Fsp3) is 0.263. The van der Waals surface area contributed by atoms with Gasteiger partial charge in [-0.15, -0.1) is 0 Å². The monoisotopic (exact) mass is 328 g/mol. The van der Waals surface area contributed by atoms with E-state index >= 15 is 0 Å². The lowest BCUT2D eigenvalue weighted by Crippen LogP contribution is -2.30. The molecule has 24 heavy (non-hydrogen) atoms. The van der Waals surface area contributed by atoms with Crippen LogP contribution in [0.2, 0.25) is 0 Å². The van der Waals surface area contributed by atoms with E-state index in [1.54, 1.807) is 0 Å². The van der Waals surface area contributed by atoms with Gasteiger partial charge in [0.05, 0.1) is 20.6 Å². The largest absolute Gasteiger partial charge is 0.469 e. The summed E-state index contributed by atoms with van der Waals surface area (Å²) in [6, 6.07) is 19.0. The van der Waals surface area contributed by atoms with Crippen LogP contribution in [0.5, 0.6) is 0 Å². The Morgan fingerprint density at radius 1 is 0.833 bits per heavy atom. The van der Waals surface area contributed by atoms with Gasteiger partial charge in [-0.25, -0.2) is 4.79 Å². The molecule has 0 radical (unpaired) electrons. The van der Waals surface area contributed by atoms with Crippen molar-refractivity contribution in [1.82, 2.24) is 0 Å². The molecular weight excluding hydrogens is 308 g/mol. The molecule has 0 aliphatic rings. The van der Waals surface area contributed by atoms with Gasteiger partial charge in [0.25, 0.3) is 0 Å². The maximum atomic E-state index is 12.0. The van der Waals surface area contributed by atoms with Crippen molar-refractivity contribution in [2.45, 2.75) is 18.6 Å². The molecule has 0 bridgehead atoms. The number of methoxy groups -OCH3 is 2. The predicted octanol–water partition coefficient (Wildman–Crippen LogP) is 2.90. The number of hydrogen-bond donors (Lipinski definition) is 0. The third-order valence-electron chi connectivity index (χ3n) is 3.55. The minimum atomic E-state index is -1.05. The zero-order chi connectivity index (χ0) is 17.4. The predicted molar refractivity (Wildman–Crippen MR) is 88.2 cm³/mol. The van der Waals surface area contributed by atoms with Gasteiger partial charge in [-0.2, -0.15) is 0 Å². The van der Waals surface area contributed by atoms with Crippen LogP contribution in [-0.2, 0) is 23.8 Å². The van der Waals surface area contributed by atoms with Crippen molar-refractivity contribution in [3.05, 3.63) is 71.8 Å². The average Bonchev–Trinajstić information content (AvgIpc) is 2.65. The minimum absolute atomic E-state index is 0.209. The lowest BCUT2D eigenvalue weighted by molar-refractivity contribution is -0.163. The maximum absolute atomic E-state index is 12.0. The Hall–Kier alpha value is -2.66. The molecule has 126 valence electrons. The SMILES string of the molecule is COC(=O)C[C@H](OC(c1ccccc1)c1ccccc1)C(=O)OC. The summed E-state index contributed by atoms with van der Waals surface area (Å²) in [5.74, 6) is -1.15. The molecule has 0 saturated heterocycles. The minimum Gasteiger partial charge on any atom is -0.469 e. The molecule has 0 saturated carbocycles. The number of esters is 2. The number of benzene rings is 2. The van der Waals surface area contributed by atoms with Gasteiger partial charge in [0.15, 0.2) is 6.10 Å². The Labute approximate surface area is 141 Å². The fourth-order valence-electron chi connectivity index (χ4n) is 2.32. The van der Waals surface area contributed by atoms with E-state index in [1.165, 1.54) is 14.2 Å². The van der Waals surface area contributed by atoms with Gasteiger partial charge in [0, 0.05) is 0 Å². The third-order valence-corrected chi connectivity index (χ3v) is 3.55. The van der Waals surface area contributed by atoms with E-state index in [2.05, 4.69) is 4.74 Å². The van der Waals surface area contributed by atoms with Crippen LogP contribution in [0, 0.1) is 0 Å². The highest BCUT2D eigenvalue weighted by Crippen LogP contribution is 2.28. The highest BCUT2D eigenvalue weighted by Gasteiger charge is 2.29. The number of rotatable bonds is 7. The highest BCUT2D eigenvalue weighted by atomic mass is 16.6. The van der Waals surface area contributed by atoms with Gasteiger partial charge >= 0.3 is 11.9 Å². The summed E-state index contributed by atoms with van der Waals surface area (Å²) in [6.07, 6.45) is -1.76. The first-order valence-corrected chi connectivity index (χ1v) is 7.55. The topological polar surface area (TPSA) is 61.8 Å². The van der Waals surface area contributed by atoms with Crippen LogP contribution in [0.1, 0.15) is 23.7 Å². The first-order valence-electron chi connectivity index (χ1n) is 7.55. The second-order valence-corrected chi connectivity index (χ2v) is 5.13. The second-order valence-electron chi connectivity index (χ2n) is 5.13. The zero-order valence-electron chi connectivity index (χ0n) is 13.7. The lowest BCUT2D eigenvalue weighted by atomic mass is 10.0. The quantitative estimate of drug-likeness (QED) is 0.731. The number of carbonyl (C=O) groups excluding carboxylic acids is 2. The smallest absolute Gasteiger partial charge is 0.335 e. The Morgan fingerprint density at radius 2 is 1.33 bits per heavy atom. The molecule has 0 spiro atoms.